The van der Waals surface area contributed by atoms with E-state index in [4.69, 9.17) is 11.6 Å². The predicted molar refractivity (Wildman–Crippen MR) is 76.5 cm³/mol. The van der Waals surface area contributed by atoms with Crippen LogP contribution in [0.2, 0.25) is 5.02 Å². The molecule has 1 atom stereocenters. The van der Waals surface area contributed by atoms with Crippen molar-refractivity contribution in [2.75, 3.05) is 20.1 Å². The van der Waals surface area contributed by atoms with Gasteiger partial charge in [0.2, 0.25) is 0 Å². The molecule has 1 fully saturated rings. The van der Waals surface area contributed by atoms with Gasteiger partial charge in [0.1, 0.15) is 0 Å². The molecule has 1 aromatic carbocycles. The summed E-state index contributed by atoms with van der Waals surface area (Å²) >= 11 is 9.43. The van der Waals surface area contributed by atoms with Crippen LogP contribution in [0.1, 0.15) is 18.4 Å². The molecule has 1 aliphatic heterocycles. The lowest BCUT2D eigenvalue weighted by Crippen LogP contribution is -2.43. The summed E-state index contributed by atoms with van der Waals surface area (Å²) in [7, 11) is 2.19. The first-order valence-corrected chi connectivity index (χ1v) is 7.18. The molecule has 0 bridgehead atoms. The first-order valence-electron chi connectivity index (χ1n) is 6.01. The molecule has 0 spiro atoms. The molecular weight excluding hydrogens is 300 g/mol. The minimum absolute atomic E-state index is 0.614. The number of likely N-dealkylation sites (N-methyl/N-ethyl adjacent to an activating group) is 1. The van der Waals surface area contributed by atoms with Gasteiger partial charge in [0.15, 0.2) is 0 Å². The molecule has 94 valence electrons. The quantitative estimate of drug-likeness (QED) is 0.920. The molecule has 2 rings (SSSR count). The maximum atomic E-state index is 5.97. The lowest BCUT2D eigenvalue weighted by atomic mass is 10.1. The highest BCUT2D eigenvalue weighted by molar-refractivity contribution is 9.10. The maximum Gasteiger partial charge on any atom is 0.0548 e. The van der Waals surface area contributed by atoms with E-state index in [9.17, 15) is 0 Å². The molecule has 1 unspecified atom stereocenters. The third-order valence-electron chi connectivity index (χ3n) is 3.20. The summed E-state index contributed by atoms with van der Waals surface area (Å²) in [4.78, 5) is 2.39. The van der Waals surface area contributed by atoms with Crippen molar-refractivity contribution in [3.05, 3.63) is 33.3 Å². The summed E-state index contributed by atoms with van der Waals surface area (Å²) in [5.74, 6) is 0. The Morgan fingerprint density at radius 2 is 2.35 bits per heavy atom. The molecule has 0 saturated carbocycles. The number of likely N-dealkylation sites (tertiary alicyclic amines) is 1. The van der Waals surface area contributed by atoms with Crippen molar-refractivity contribution in [2.45, 2.75) is 25.4 Å². The van der Waals surface area contributed by atoms with Crippen LogP contribution in [0.4, 0.5) is 0 Å². The van der Waals surface area contributed by atoms with Gasteiger partial charge in [0.05, 0.1) is 5.02 Å². The minimum Gasteiger partial charge on any atom is -0.309 e. The average molecular weight is 318 g/mol. The number of rotatable bonds is 3. The Bertz CT molecular complexity index is 384. The minimum atomic E-state index is 0.614. The number of nitrogens with zero attached hydrogens (tertiary/aromatic N) is 1. The Balaban J connectivity index is 1.86. The zero-order valence-electron chi connectivity index (χ0n) is 10.0. The molecule has 2 nitrogen and oxygen atoms in total. The second-order valence-electron chi connectivity index (χ2n) is 4.73. The van der Waals surface area contributed by atoms with E-state index in [1.165, 1.54) is 24.9 Å². The third-order valence-corrected chi connectivity index (χ3v) is 4.42. The van der Waals surface area contributed by atoms with Crippen LogP contribution in [0.25, 0.3) is 0 Å². The zero-order chi connectivity index (χ0) is 12.3. The topological polar surface area (TPSA) is 15.3 Å². The van der Waals surface area contributed by atoms with E-state index in [-0.39, 0.29) is 0 Å². The summed E-state index contributed by atoms with van der Waals surface area (Å²) in [6.07, 6.45) is 2.57. The first kappa shape index (κ1) is 13.3. The van der Waals surface area contributed by atoms with E-state index in [0.29, 0.717) is 6.04 Å². The Kier molecular flexibility index (Phi) is 4.86. The van der Waals surface area contributed by atoms with Crippen LogP contribution < -0.4 is 5.32 Å². The van der Waals surface area contributed by atoms with Crippen molar-refractivity contribution in [2.24, 2.45) is 0 Å². The lowest BCUT2D eigenvalue weighted by molar-refractivity contribution is 0.226. The largest absolute Gasteiger partial charge is 0.309 e. The van der Waals surface area contributed by atoms with Crippen LogP contribution in [0, 0.1) is 0 Å². The number of hydrogen-bond donors (Lipinski definition) is 1. The van der Waals surface area contributed by atoms with Crippen LogP contribution >= 0.6 is 27.5 Å². The third kappa shape index (κ3) is 3.95. The molecule has 1 N–H and O–H groups in total. The Morgan fingerprint density at radius 3 is 3.06 bits per heavy atom. The fourth-order valence-electron chi connectivity index (χ4n) is 2.24. The van der Waals surface area contributed by atoms with E-state index in [1.54, 1.807) is 0 Å². The van der Waals surface area contributed by atoms with Crippen molar-refractivity contribution in [3.63, 3.8) is 0 Å². The van der Waals surface area contributed by atoms with Gasteiger partial charge < -0.3 is 10.2 Å². The Morgan fingerprint density at radius 1 is 1.53 bits per heavy atom. The van der Waals surface area contributed by atoms with Crippen LogP contribution in [-0.4, -0.2) is 31.1 Å². The molecule has 1 aliphatic rings. The number of hydrogen-bond acceptors (Lipinski definition) is 2. The fraction of sp³-hybridized carbons (Fsp3) is 0.538. The van der Waals surface area contributed by atoms with Gasteiger partial charge in [-0.3, -0.25) is 0 Å². The van der Waals surface area contributed by atoms with Crippen molar-refractivity contribution in [1.82, 2.24) is 10.2 Å². The van der Waals surface area contributed by atoms with Crippen LogP contribution in [0.5, 0.6) is 0 Å². The summed E-state index contributed by atoms with van der Waals surface area (Å²) in [5.41, 5.74) is 1.27. The molecule has 1 aromatic rings. The average Bonchev–Trinajstić information content (AvgIpc) is 2.31. The van der Waals surface area contributed by atoms with Gasteiger partial charge in [-0.1, -0.05) is 17.7 Å². The van der Waals surface area contributed by atoms with Gasteiger partial charge in [0, 0.05) is 23.6 Å². The fourth-order valence-corrected chi connectivity index (χ4v) is 2.79. The number of nitrogens with one attached hydrogen (secondary N) is 1. The van der Waals surface area contributed by atoms with Gasteiger partial charge in [0.25, 0.3) is 0 Å². The Labute approximate surface area is 116 Å². The van der Waals surface area contributed by atoms with Crippen LogP contribution in [0.3, 0.4) is 0 Å². The van der Waals surface area contributed by atoms with Crippen LogP contribution in [-0.2, 0) is 6.54 Å². The number of halogens is 2. The van der Waals surface area contributed by atoms with Crippen molar-refractivity contribution >= 4 is 27.5 Å². The highest BCUT2D eigenvalue weighted by Crippen LogP contribution is 2.23. The number of benzene rings is 1. The van der Waals surface area contributed by atoms with E-state index < -0.39 is 0 Å². The van der Waals surface area contributed by atoms with Gasteiger partial charge >= 0.3 is 0 Å². The zero-order valence-corrected chi connectivity index (χ0v) is 12.4. The molecule has 1 heterocycles. The molecule has 4 heteroatoms. The predicted octanol–water partition coefficient (Wildman–Crippen LogP) is 3.29. The van der Waals surface area contributed by atoms with Gasteiger partial charge in [-0.05, 0) is 60.1 Å². The monoisotopic (exact) mass is 316 g/mol. The second kappa shape index (κ2) is 6.19. The highest BCUT2D eigenvalue weighted by Gasteiger charge is 2.16. The molecule has 0 amide bonds. The SMILES string of the molecule is CN1CCCC(NCc2ccc(Cl)c(Br)c2)C1. The van der Waals surface area contributed by atoms with Gasteiger partial charge in [-0.25, -0.2) is 0 Å². The second-order valence-corrected chi connectivity index (χ2v) is 5.99. The van der Waals surface area contributed by atoms with Crippen molar-refractivity contribution in [3.8, 4) is 0 Å². The molecule has 0 aliphatic carbocycles. The van der Waals surface area contributed by atoms with E-state index in [0.717, 1.165) is 22.6 Å². The first-order chi connectivity index (χ1) is 8.15. The molecule has 1 saturated heterocycles. The highest BCUT2D eigenvalue weighted by atomic mass is 79.9. The van der Waals surface area contributed by atoms with E-state index >= 15 is 0 Å². The van der Waals surface area contributed by atoms with Gasteiger partial charge in [-0.2, -0.15) is 0 Å². The standard InChI is InChI=1S/C13H18BrClN2/c1-17-6-2-3-11(9-17)16-8-10-4-5-13(15)12(14)7-10/h4-5,7,11,16H,2-3,6,8-9H2,1H3. The van der Waals surface area contributed by atoms with Crippen molar-refractivity contribution in [1.29, 1.82) is 0 Å². The number of piperidine rings is 1. The van der Waals surface area contributed by atoms with E-state index in [2.05, 4.69) is 45.3 Å². The molecule has 0 radical (unpaired) electrons. The summed E-state index contributed by atoms with van der Waals surface area (Å²) in [6.45, 7) is 3.29. The maximum absolute atomic E-state index is 5.97. The summed E-state index contributed by atoms with van der Waals surface area (Å²) in [6, 6.07) is 6.72. The van der Waals surface area contributed by atoms with E-state index in [1.807, 2.05) is 6.07 Å². The molecule has 0 aromatic heterocycles. The summed E-state index contributed by atoms with van der Waals surface area (Å²) in [5, 5.41) is 4.38. The lowest BCUT2D eigenvalue weighted by Gasteiger charge is -2.30. The van der Waals surface area contributed by atoms with Gasteiger partial charge in [-0.15, -0.1) is 0 Å². The van der Waals surface area contributed by atoms with Crippen LogP contribution in [0.15, 0.2) is 22.7 Å². The normalized spacial score (nSPS) is 21.7. The Hall–Kier alpha value is -0.0900. The molecular formula is C13H18BrClN2. The summed E-state index contributed by atoms with van der Waals surface area (Å²) < 4.78 is 0.972. The molecule has 17 heavy (non-hydrogen) atoms. The van der Waals surface area contributed by atoms with Crippen molar-refractivity contribution < 1.29 is 0 Å². The smallest absolute Gasteiger partial charge is 0.0548 e.